The van der Waals surface area contributed by atoms with Gasteiger partial charge in [0, 0.05) is 0 Å². The molecule has 0 spiro atoms. The van der Waals surface area contributed by atoms with Gasteiger partial charge in [0.1, 0.15) is 0 Å². The molecule has 0 bridgehead atoms. The van der Waals surface area contributed by atoms with Crippen molar-refractivity contribution in [1.29, 1.82) is 0 Å². The molecule has 0 saturated heterocycles. The highest BCUT2D eigenvalue weighted by atomic mass is 31.2. The zero-order valence-electron chi connectivity index (χ0n) is 13.6. The zero-order chi connectivity index (χ0) is 16.9. The fraction of sp³-hybridized carbons (Fsp3) is 0.353. The lowest BCUT2D eigenvalue weighted by atomic mass is 10.0. The van der Waals surface area contributed by atoms with Gasteiger partial charge in [0.15, 0.2) is 0 Å². The van der Waals surface area contributed by atoms with Crippen LogP contribution in [0.3, 0.4) is 0 Å². The molecular formula is C17H21O5P. The summed E-state index contributed by atoms with van der Waals surface area (Å²) in [6.07, 6.45) is 0.226. The first-order valence-corrected chi connectivity index (χ1v) is 9.23. The van der Waals surface area contributed by atoms with Crippen LogP contribution in [0.15, 0.2) is 36.4 Å². The smallest absolute Gasteiger partial charge is 0.337 e. The first-order valence-electron chi connectivity index (χ1n) is 7.50. The number of fused-ring (bicyclic) bond motifs is 1. The molecule has 0 saturated carbocycles. The molecule has 0 heterocycles. The lowest BCUT2D eigenvalue weighted by Gasteiger charge is -2.17. The Balaban J connectivity index is 2.29. The van der Waals surface area contributed by atoms with Gasteiger partial charge in [0.25, 0.3) is 0 Å². The molecule has 2 aromatic carbocycles. The normalized spacial score (nSPS) is 11.6. The number of esters is 1. The standard InChI is InChI=1S/C17H21O5P/c1-4-21-23(19,22-5-2)12-13-6-7-15-11-16(17(18)20-3)9-8-14(15)10-13/h6-11H,4-5,12H2,1-3H3. The number of ether oxygens (including phenoxy) is 1. The van der Waals surface area contributed by atoms with Gasteiger partial charge >= 0.3 is 13.6 Å². The predicted molar refractivity (Wildman–Crippen MR) is 89.9 cm³/mol. The fourth-order valence-corrected chi connectivity index (χ4v) is 4.07. The molecule has 0 N–H and O–H groups in total. The van der Waals surface area contributed by atoms with E-state index in [-0.39, 0.29) is 12.1 Å². The van der Waals surface area contributed by atoms with Gasteiger partial charge in [-0.05, 0) is 42.3 Å². The van der Waals surface area contributed by atoms with Crippen LogP contribution in [0.4, 0.5) is 0 Å². The van der Waals surface area contributed by atoms with E-state index in [0.29, 0.717) is 18.8 Å². The third-order valence-corrected chi connectivity index (χ3v) is 5.41. The van der Waals surface area contributed by atoms with Crippen LogP contribution >= 0.6 is 7.60 Å². The maximum Gasteiger partial charge on any atom is 0.337 e. The molecule has 0 aliphatic carbocycles. The fourth-order valence-electron chi connectivity index (χ4n) is 2.38. The zero-order valence-corrected chi connectivity index (χ0v) is 14.5. The van der Waals surface area contributed by atoms with Gasteiger partial charge in [0.05, 0.1) is 32.0 Å². The van der Waals surface area contributed by atoms with Gasteiger partial charge < -0.3 is 13.8 Å². The molecule has 2 rings (SSSR count). The quantitative estimate of drug-likeness (QED) is 0.554. The minimum absolute atomic E-state index is 0.226. The summed E-state index contributed by atoms with van der Waals surface area (Å²) in [5, 5.41) is 1.87. The van der Waals surface area contributed by atoms with Crippen molar-refractivity contribution in [2.75, 3.05) is 20.3 Å². The second kappa shape index (κ2) is 7.73. The summed E-state index contributed by atoms with van der Waals surface area (Å²) in [6, 6.07) is 11.0. The average molecular weight is 336 g/mol. The minimum Gasteiger partial charge on any atom is -0.465 e. The van der Waals surface area contributed by atoms with Crippen molar-refractivity contribution in [2.45, 2.75) is 20.0 Å². The molecule has 2 aromatic rings. The monoisotopic (exact) mass is 336 g/mol. The van der Waals surface area contributed by atoms with Crippen LogP contribution in [0.5, 0.6) is 0 Å². The van der Waals surface area contributed by atoms with Crippen LogP contribution in [-0.4, -0.2) is 26.3 Å². The van der Waals surface area contributed by atoms with Gasteiger partial charge in [-0.3, -0.25) is 4.57 Å². The van der Waals surface area contributed by atoms with Gasteiger partial charge in [0.2, 0.25) is 0 Å². The molecular weight excluding hydrogens is 315 g/mol. The predicted octanol–water partition coefficient (Wildman–Crippen LogP) is 4.39. The minimum atomic E-state index is -3.12. The van der Waals surface area contributed by atoms with Crippen molar-refractivity contribution < 1.29 is 23.1 Å². The first kappa shape index (κ1) is 17.7. The van der Waals surface area contributed by atoms with E-state index in [1.54, 1.807) is 26.0 Å². The largest absolute Gasteiger partial charge is 0.465 e. The number of carbonyl (C=O) groups is 1. The van der Waals surface area contributed by atoms with Crippen LogP contribution in [-0.2, 0) is 24.5 Å². The number of carbonyl (C=O) groups excluding carboxylic acids is 1. The van der Waals surface area contributed by atoms with E-state index in [1.165, 1.54) is 7.11 Å². The summed E-state index contributed by atoms with van der Waals surface area (Å²) in [5.74, 6) is -0.367. The average Bonchev–Trinajstić information content (AvgIpc) is 2.53. The summed E-state index contributed by atoms with van der Waals surface area (Å²) >= 11 is 0. The summed E-state index contributed by atoms with van der Waals surface area (Å²) in [6.45, 7) is 4.27. The van der Waals surface area contributed by atoms with E-state index in [0.717, 1.165) is 16.3 Å². The molecule has 0 unspecified atom stereocenters. The molecule has 0 fully saturated rings. The van der Waals surface area contributed by atoms with Gasteiger partial charge in [-0.25, -0.2) is 4.79 Å². The molecule has 0 aliphatic rings. The van der Waals surface area contributed by atoms with Crippen molar-refractivity contribution >= 4 is 24.3 Å². The number of methoxy groups -OCH3 is 1. The maximum atomic E-state index is 12.6. The topological polar surface area (TPSA) is 61.8 Å². The Labute approximate surface area is 136 Å². The van der Waals surface area contributed by atoms with Crippen molar-refractivity contribution in [2.24, 2.45) is 0 Å². The molecule has 0 radical (unpaired) electrons. The first-order chi connectivity index (χ1) is 11.0. The van der Waals surface area contributed by atoms with Crippen molar-refractivity contribution in [1.82, 2.24) is 0 Å². The number of hydrogen-bond donors (Lipinski definition) is 0. The SMILES string of the molecule is CCOP(=O)(Cc1ccc2cc(C(=O)OC)ccc2c1)OCC. The van der Waals surface area contributed by atoms with E-state index in [9.17, 15) is 9.36 Å². The van der Waals surface area contributed by atoms with E-state index in [2.05, 4.69) is 0 Å². The van der Waals surface area contributed by atoms with Crippen LogP contribution in [0.1, 0.15) is 29.8 Å². The summed E-state index contributed by atoms with van der Waals surface area (Å²) in [7, 11) is -1.77. The second-order valence-electron chi connectivity index (χ2n) is 4.99. The van der Waals surface area contributed by atoms with E-state index in [4.69, 9.17) is 13.8 Å². The highest BCUT2D eigenvalue weighted by Crippen LogP contribution is 2.51. The molecule has 0 aliphatic heterocycles. The van der Waals surface area contributed by atoms with Gasteiger partial charge in [-0.15, -0.1) is 0 Å². The lowest BCUT2D eigenvalue weighted by Crippen LogP contribution is -2.01. The Kier molecular flexibility index (Phi) is 5.94. The van der Waals surface area contributed by atoms with Crippen LogP contribution in [0.2, 0.25) is 0 Å². The molecule has 23 heavy (non-hydrogen) atoms. The van der Waals surface area contributed by atoms with E-state index >= 15 is 0 Å². The van der Waals surface area contributed by atoms with E-state index in [1.807, 2.05) is 24.3 Å². The Morgan fingerprint density at radius 1 is 1.00 bits per heavy atom. The third-order valence-electron chi connectivity index (χ3n) is 3.35. The Hall–Kier alpha value is -1.68. The van der Waals surface area contributed by atoms with Crippen molar-refractivity contribution in [3.8, 4) is 0 Å². The highest BCUT2D eigenvalue weighted by Gasteiger charge is 2.24. The van der Waals surface area contributed by atoms with Crippen LogP contribution in [0.25, 0.3) is 10.8 Å². The Morgan fingerprint density at radius 2 is 1.61 bits per heavy atom. The number of hydrogen-bond acceptors (Lipinski definition) is 5. The molecule has 124 valence electrons. The van der Waals surface area contributed by atoms with Crippen molar-refractivity contribution in [3.63, 3.8) is 0 Å². The molecule has 5 nitrogen and oxygen atoms in total. The number of rotatable bonds is 7. The Morgan fingerprint density at radius 3 is 2.22 bits per heavy atom. The Bertz CT molecular complexity index is 731. The van der Waals surface area contributed by atoms with Crippen molar-refractivity contribution in [3.05, 3.63) is 47.5 Å². The second-order valence-corrected chi connectivity index (χ2v) is 7.05. The van der Waals surface area contributed by atoms with Gasteiger partial charge in [-0.1, -0.05) is 24.3 Å². The molecule has 0 amide bonds. The lowest BCUT2D eigenvalue weighted by molar-refractivity contribution is 0.0601. The number of benzene rings is 2. The van der Waals surface area contributed by atoms with Crippen LogP contribution in [0, 0.1) is 0 Å². The maximum absolute atomic E-state index is 12.6. The third kappa shape index (κ3) is 4.41. The highest BCUT2D eigenvalue weighted by molar-refractivity contribution is 7.53. The molecule has 6 heteroatoms. The summed E-state index contributed by atoms with van der Waals surface area (Å²) in [5.41, 5.74) is 1.37. The van der Waals surface area contributed by atoms with Gasteiger partial charge in [-0.2, -0.15) is 0 Å². The summed E-state index contributed by atoms with van der Waals surface area (Å²) in [4.78, 5) is 11.6. The summed E-state index contributed by atoms with van der Waals surface area (Å²) < 4.78 is 28.0. The molecule has 0 aromatic heterocycles. The van der Waals surface area contributed by atoms with Crippen LogP contribution < -0.4 is 0 Å². The molecule has 0 atom stereocenters. The van der Waals surface area contributed by atoms with E-state index < -0.39 is 7.60 Å².